The molecule has 0 fully saturated rings. The van der Waals surface area contributed by atoms with Crippen molar-refractivity contribution in [2.45, 2.75) is 19.1 Å². The van der Waals surface area contributed by atoms with Crippen LogP contribution in [0, 0.1) is 0 Å². The number of alkyl halides is 9. The first-order valence-corrected chi connectivity index (χ1v) is 4.67. The first kappa shape index (κ1) is 17.0. The molecule has 1 rings (SSSR count). The zero-order valence-electron chi connectivity index (χ0n) is 9.36. The molecule has 0 spiro atoms. The van der Waals surface area contributed by atoms with E-state index >= 15 is 0 Å². The minimum Gasteiger partial charge on any atom is -0.402 e. The van der Waals surface area contributed by atoms with E-state index < -0.39 is 36.3 Å². The molecule has 0 unspecified atom stereocenters. The van der Waals surface area contributed by atoms with Gasteiger partial charge in [-0.2, -0.15) is 0 Å². The van der Waals surface area contributed by atoms with Gasteiger partial charge in [-0.05, 0) is 12.1 Å². The van der Waals surface area contributed by atoms with Gasteiger partial charge < -0.3 is 14.2 Å². The van der Waals surface area contributed by atoms with Gasteiger partial charge in [-0.3, -0.25) is 0 Å². The highest BCUT2D eigenvalue weighted by Crippen LogP contribution is 2.44. The molecule has 0 saturated carbocycles. The highest BCUT2D eigenvalue weighted by molar-refractivity contribution is 5.51. The van der Waals surface area contributed by atoms with Crippen LogP contribution in [-0.2, 0) is 0 Å². The van der Waals surface area contributed by atoms with Crippen LogP contribution in [0.1, 0.15) is 0 Å². The van der Waals surface area contributed by atoms with E-state index in [1.807, 2.05) is 0 Å². The molecular weight excluding hydrogens is 327 g/mol. The molecule has 21 heavy (non-hydrogen) atoms. The Kier molecular flexibility index (Phi) is 4.39. The Labute approximate surface area is 109 Å². The minimum absolute atomic E-state index is 0.331. The van der Waals surface area contributed by atoms with Gasteiger partial charge in [-0.15, -0.1) is 39.5 Å². The zero-order chi connectivity index (χ0) is 16.5. The Hall–Kier alpha value is -2.01. The molecular formula is C9H3F9O3. The lowest BCUT2D eigenvalue weighted by molar-refractivity contribution is -0.293. The third-order valence-corrected chi connectivity index (χ3v) is 1.61. The van der Waals surface area contributed by atoms with Crippen LogP contribution in [0.5, 0.6) is 17.2 Å². The summed E-state index contributed by atoms with van der Waals surface area (Å²) in [5, 5.41) is 0. The largest absolute Gasteiger partial charge is 0.573 e. The summed E-state index contributed by atoms with van der Waals surface area (Å²) in [4.78, 5) is 0. The maximum Gasteiger partial charge on any atom is 0.573 e. The third-order valence-electron chi connectivity index (χ3n) is 1.61. The standard InChI is InChI=1S/C9H3F9O3/c10-7(11,12)19-4-2-1-3-5(20-8(13,14)15)6(4)21-9(16,17)18/h1-3H. The molecule has 1 aromatic rings. The summed E-state index contributed by atoms with van der Waals surface area (Å²) in [7, 11) is 0. The fourth-order valence-electron chi connectivity index (χ4n) is 1.12. The molecule has 1 aromatic carbocycles. The fraction of sp³-hybridized carbons (Fsp3) is 0.333. The summed E-state index contributed by atoms with van der Waals surface area (Å²) in [6, 6.07) is 1.22. The quantitative estimate of drug-likeness (QED) is 0.770. The van der Waals surface area contributed by atoms with Gasteiger partial charge in [0.25, 0.3) is 0 Å². The maximum atomic E-state index is 12.1. The van der Waals surface area contributed by atoms with Gasteiger partial charge in [0.1, 0.15) is 0 Å². The monoisotopic (exact) mass is 330 g/mol. The van der Waals surface area contributed by atoms with Crippen LogP contribution in [0.2, 0.25) is 0 Å². The van der Waals surface area contributed by atoms with Crippen molar-refractivity contribution in [2.24, 2.45) is 0 Å². The second-order valence-electron chi connectivity index (χ2n) is 3.23. The van der Waals surface area contributed by atoms with Crippen LogP contribution in [0.15, 0.2) is 18.2 Å². The zero-order valence-corrected chi connectivity index (χ0v) is 9.36. The van der Waals surface area contributed by atoms with Crippen LogP contribution >= 0.6 is 0 Å². The van der Waals surface area contributed by atoms with Gasteiger partial charge in [0.2, 0.25) is 5.75 Å². The molecule has 0 N–H and O–H groups in total. The lowest BCUT2D eigenvalue weighted by atomic mass is 10.3. The first-order valence-electron chi connectivity index (χ1n) is 4.67. The van der Waals surface area contributed by atoms with Gasteiger partial charge >= 0.3 is 19.1 Å². The van der Waals surface area contributed by atoms with Gasteiger partial charge in [-0.25, -0.2) is 0 Å². The molecule has 3 nitrogen and oxygen atoms in total. The smallest absolute Gasteiger partial charge is 0.402 e. The van der Waals surface area contributed by atoms with Crippen molar-refractivity contribution >= 4 is 0 Å². The van der Waals surface area contributed by atoms with Crippen LogP contribution in [0.4, 0.5) is 39.5 Å². The molecule has 0 saturated heterocycles. The number of ether oxygens (including phenoxy) is 3. The second-order valence-corrected chi connectivity index (χ2v) is 3.23. The van der Waals surface area contributed by atoms with Crippen LogP contribution in [0.25, 0.3) is 0 Å². The normalized spacial score (nSPS) is 13.0. The molecule has 12 heteroatoms. The molecule has 0 aliphatic heterocycles. The van der Waals surface area contributed by atoms with Crippen molar-refractivity contribution in [1.82, 2.24) is 0 Å². The molecule has 0 heterocycles. The van der Waals surface area contributed by atoms with E-state index in [0.29, 0.717) is 18.2 Å². The molecule has 120 valence electrons. The minimum atomic E-state index is -5.56. The van der Waals surface area contributed by atoms with Gasteiger partial charge in [0.15, 0.2) is 11.5 Å². The molecule has 0 radical (unpaired) electrons. The Morgan fingerprint density at radius 2 is 0.905 bits per heavy atom. The van der Waals surface area contributed by atoms with Gasteiger partial charge in [0.05, 0.1) is 0 Å². The lowest BCUT2D eigenvalue weighted by Gasteiger charge is -2.18. The van der Waals surface area contributed by atoms with E-state index in [2.05, 4.69) is 14.2 Å². The molecule has 0 aromatic heterocycles. The summed E-state index contributed by atoms with van der Waals surface area (Å²) in [5.41, 5.74) is 0. The summed E-state index contributed by atoms with van der Waals surface area (Å²) in [6.07, 6.45) is -16.4. The first-order chi connectivity index (χ1) is 9.27. The fourth-order valence-corrected chi connectivity index (χ4v) is 1.12. The number of para-hydroxylation sites is 1. The molecule has 0 aliphatic carbocycles. The Balaban J connectivity index is 3.27. The number of benzene rings is 1. The van der Waals surface area contributed by atoms with Crippen molar-refractivity contribution in [3.8, 4) is 17.2 Å². The summed E-state index contributed by atoms with van der Waals surface area (Å²) >= 11 is 0. The number of rotatable bonds is 3. The van der Waals surface area contributed by atoms with Crippen LogP contribution < -0.4 is 14.2 Å². The number of halogens is 9. The third kappa shape index (κ3) is 6.31. The SMILES string of the molecule is FC(F)(F)Oc1cccc(OC(F)(F)F)c1OC(F)(F)F. The number of hydrogen-bond donors (Lipinski definition) is 0. The topological polar surface area (TPSA) is 27.7 Å². The predicted molar refractivity (Wildman–Crippen MR) is 46.5 cm³/mol. The second kappa shape index (κ2) is 5.41. The Morgan fingerprint density at radius 1 is 0.571 bits per heavy atom. The molecule has 0 bridgehead atoms. The predicted octanol–water partition coefficient (Wildman–Crippen LogP) is 4.38. The highest BCUT2D eigenvalue weighted by atomic mass is 19.4. The van der Waals surface area contributed by atoms with E-state index in [1.165, 1.54) is 0 Å². The maximum absolute atomic E-state index is 12.1. The van der Waals surface area contributed by atoms with Crippen molar-refractivity contribution in [3.05, 3.63) is 18.2 Å². The van der Waals surface area contributed by atoms with Crippen molar-refractivity contribution in [2.75, 3.05) is 0 Å². The molecule has 0 aliphatic rings. The summed E-state index contributed by atoms with van der Waals surface area (Å²) in [6.45, 7) is 0. The van der Waals surface area contributed by atoms with Crippen molar-refractivity contribution in [3.63, 3.8) is 0 Å². The van der Waals surface area contributed by atoms with Gasteiger partial charge in [0, 0.05) is 0 Å². The number of hydrogen-bond acceptors (Lipinski definition) is 3. The van der Waals surface area contributed by atoms with E-state index in [1.54, 1.807) is 0 Å². The van der Waals surface area contributed by atoms with E-state index in [9.17, 15) is 39.5 Å². The van der Waals surface area contributed by atoms with Crippen molar-refractivity contribution in [1.29, 1.82) is 0 Å². The molecule has 0 amide bonds. The lowest BCUT2D eigenvalue weighted by Crippen LogP contribution is -2.23. The van der Waals surface area contributed by atoms with E-state index in [0.717, 1.165) is 0 Å². The Morgan fingerprint density at radius 3 is 1.19 bits per heavy atom. The molecule has 0 atom stereocenters. The summed E-state index contributed by atoms with van der Waals surface area (Å²) in [5.74, 6) is -5.18. The van der Waals surface area contributed by atoms with E-state index in [4.69, 9.17) is 0 Å². The van der Waals surface area contributed by atoms with Gasteiger partial charge in [-0.1, -0.05) is 6.07 Å². The van der Waals surface area contributed by atoms with Crippen molar-refractivity contribution < 1.29 is 53.7 Å². The van der Waals surface area contributed by atoms with E-state index in [-0.39, 0.29) is 0 Å². The Bertz CT molecular complexity index is 454. The summed E-state index contributed by atoms with van der Waals surface area (Å²) < 4.78 is 118. The van der Waals surface area contributed by atoms with Crippen LogP contribution in [0.3, 0.4) is 0 Å². The average Bonchev–Trinajstić information content (AvgIpc) is 2.16. The average molecular weight is 330 g/mol. The highest BCUT2D eigenvalue weighted by Gasteiger charge is 2.40. The van der Waals surface area contributed by atoms with Crippen LogP contribution in [-0.4, -0.2) is 19.1 Å².